The number of nitrogens with zero attached hydrogens (tertiary/aromatic N) is 1. The van der Waals surface area contributed by atoms with E-state index in [1.54, 1.807) is 18.2 Å². The molecule has 1 aromatic rings. The molecule has 0 aliphatic heterocycles. The van der Waals surface area contributed by atoms with E-state index in [1.807, 2.05) is 13.8 Å². The van der Waals surface area contributed by atoms with Crippen LogP contribution in [0.15, 0.2) is 23.3 Å². The molecule has 0 bridgehead atoms. The molecule has 0 spiro atoms. The molecule has 0 radical (unpaired) electrons. The quantitative estimate of drug-likeness (QED) is 0.510. The van der Waals surface area contributed by atoms with Crippen LogP contribution < -0.4 is 10.7 Å². The van der Waals surface area contributed by atoms with E-state index in [0.717, 1.165) is 17.8 Å². The van der Waals surface area contributed by atoms with E-state index in [4.69, 9.17) is 35.4 Å². The van der Waals surface area contributed by atoms with Gasteiger partial charge in [-0.05, 0) is 44.3 Å². The lowest BCUT2D eigenvalue weighted by atomic mass is 10.1. The molecule has 0 amide bonds. The summed E-state index contributed by atoms with van der Waals surface area (Å²) in [7, 11) is 0. The van der Waals surface area contributed by atoms with E-state index in [2.05, 4.69) is 15.8 Å². The number of hydrogen-bond acceptors (Lipinski definition) is 2. The third-order valence-electron chi connectivity index (χ3n) is 1.98. The van der Waals surface area contributed by atoms with Gasteiger partial charge in [0.15, 0.2) is 5.11 Å². The summed E-state index contributed by atoms with van der Waals surface area (Å²) in [5.41, 5.74) is 4.24. The van der Waals surface area contributed by atoms with Crippen molar-refractivity contribution >= 4 is 46.2 Å². The predicted molar refractivity (Wildman–Crippen MR) is 78.1 cm³/mol. The third-order valence-corrected chi connectivity index (χ3v) is 2.78. The van der Waals surface area contributed by atoms with Gasteiger partial charge in [-0.3, -0.25) is 5.43 Å². The van der Waals surface area contributed by atoms with Gasteiger partial charge in [-0.25, -0.2) is 0 Å². The molecule has 0 aliphatic carbocycles. The summed E-state index contributed by atoms with van der Waals surface area (Å²) in [6, 6.07) is 5.24. The Hall–Kier alpha value is -0.840. The molecule has 0 saturated heterocycles. The number of hydrazone groups is 1. The second kappa shape index (κ2) is 6.79. The van der Waals surface area contributed by atoms with Gasteiger partial charge >= 0.3 is 0 Å². The van der Waals surface area contributed by atoms with Gasteiger partial charge in [0.05, 0.1) is 5.71 Å². The van der Waals surface area contributed by atoms with Gasteiger partial charge in [0.2, 0.25) is 0 Å². The van der Waals surface area contributed by atoms with Gasteiger partial charge in [-0.1, -0.05) is 23.2 Å². The van der Waals surface area contributed by atoms with E-state index in [0.29, 0.717) is 15.2 Å². The zero-order valence-electron chi connectivity index (χ0n) is 9.55. The van der Waals surface area contributed by atoms with Gasteiger partial charge in [0, 0.05) is 22.2 Å². The minimum atomic E-state index is 0.477. The van der Waals surface area contributed by atoms with Crippen LogP contribution in [0.1, 0.15) is 19.4 Å². The van der Waals surface area contributed by atoms with E-state index in [9.17, 15) is 0 Å². The molecule has 6 heteroatoms. The molecular weight excluding hydrogens is 277 g/mol. The molecule has 1 rings (SSSR count). The Kier molecular flexibility index (Phi) is 5.68. The molecule has 0 heterocycles. The van der Waals surface area contributed by atoms with Gasteiger partial charge in [-0.2, -0.15) is 5.10 Å². The Bertz CT molecular complexity index is 446. The Morgan fingerprint density at radius 2 is 2.12 bits per heavy atom. The lowest BCUT2D eigenvalue weighted by molar-refractivity contribution is 0.901. The zero-order chi connectivity index (χ0) is 12.8. The average Bonchev–Trinajstić information content (AvgIpc) is 2.29. The van der Waals surface area contributed by atoms with E-state index < -0.39 is 0 Å². The van der Waals surface area contributed by atoms with Crippen LogP contribution >= 0.6 is 35.4 Å². The molecule has 0 unspecified atom stereocenters. The maximum Gasteiger partial charge on any atom is 0.186 e. The number of hydrogen-bond donors (Lipinski definition) is 2. The molecule has 92 valence electrons. The molecule has 17 heavy (non-hydrogen) atoms. The maximum atomic E-state index is 6.05. The molecule has 3 nitrogen and oxygen atoms in total. The zero-order valence-corrected chi connectivity index (χ0v) is 11.9. The first-order valence-corrected chi connectivity index (χ1v) is 6.24. The SMILES string of the molecule is CCNC(=S)N/N=C(\C)c1cc(Cl)ccc1Cl. The van der Waals surface area contributed by atoms with Crippen molar-refractivity contribution in [2.24, 2.45) is 5.10 Å². The van der Waals surface area contributed by atoms with Crippen molar-refractivity contribution in [3.8, 4) is 0 Å². The smallest absolute Gasteiger partial charge is 0.186 e. The lowest BCUT2D eigenvalue weighted by Crippen LogP contribution is -2.32. The standard InChI is InChI=1S/C11H13Cl2N3S/c1-3-14-11(17)16-15-7(2)9-6-8(12)4-5-10(9)13/h4-6H,3H2,1-2H3,(H2,14,16,17)/b15-7+. The van der Waals surface area contributed by atoms with Crippen molar-refractivity contribution in [3.05, 3.63) is 33.8 Å². The summed E-state index contributed by atoms with van der Waals surface area (Å²) in [6.45, 7) is 4.54. The van der Waals surface area contributed by atoms with Crippen LogP contribution in [0.4, 0.5) is 0 Å². The summed E-state index contributed by atoms with van der Waals surface area (Å²) in [4.78, 5) is 0. The average molecular weight is 290 g/mol. The van der Waals surface area contributed by atoms with Crippen LogP contribution in [0.5, 0.6) is 0 Å². The number of rotatable bonds is 3. The number of benzene rings is 1. The Morgan fingerprint density at radius 1 is 1.41 bits per heavy atom. The van der Waals surface area contributed by atoms with E-state index in [-0.39, 0.29) is 0 Å². The van der Waals surface area contributed by atoms with Gasteiger partial charge in [0.1, 0.15) is 0 Å². The molecule has 0 fully saturated rings. The first-order valence-electron chi connectivity index (χ1n) is 5.08. The highest BCUT2D eigenvalue weighted by Crippen LogP contribution is 2.21. The van der Waals surface area contributed by atoms with Crippen LogP contribution in [0, 0.1) is 0 Å². The molecular formula is C11H13Cl2N3S. The Morgan fingerprint density at radius 3 is 2.76 bits per heavy atom. The minimum absolute atomic E-state index is 0.477. The molecule has 0 saturated carbocycles. The van der Waals surface area contributed by atoms with E-state index >= 15 is 0 Å². The predicted octanol–water partition coefficient (Wildman–Crippen LogP) is 3.20. The van der Waals surface area contributed by atoms with Crippen LogP contribution in [0.3, 0.4) is 0 Å². The molecule has 0 atom stereocenters. The van der Waals surface area contributed by atoms with Crippen molar-refractivity contribution in [2.75, 3.05) is 6.54 Å². The Balaban J connectivity index is 2.81. The normalized spacial score (nSPS) is 11.2. The highest BCUT2D eigenvalue weighted by molar-refractivity contribution is 7.80. The topological polar surface area (TPSA) is 36.4 Å². The number of thiocarbonyl (C=S) groups is 1. The van der Waals surface area contributed by atoms with Crippen LogP contribution in [0.2, 0.25) is 10.0 Å². The highest BCUT2D eigenvalue weighted by Gasteiger charge is 2.04. The van der Waals surface area contributed by atoms with E-state index in [1.165, 1.54) is 0 Å². The summed E-state index contributed by atoms with van der Waals surface area (Å²) in [6.07, 6.45) is 0. The highest BCUT2D eigenvalue weighted by atomic mass is 35.5. The monoisotopic (exact) mass is 289 g/mol. The van der Waals surface area contributed by atoms with Crippen molar-refractivity contribution in [1.29, 1.82) is 0 Å². The fourth-order valence-corrected chi connectivity index (χ4v) is 1.79. The van der Waals surface area contributed by atoms with Gasteiger partial charge in [0.25, 0.3) is 0 Å². The number of halogens is 2. The molecule has 1 aromatic carbocycles. The maximum absolute atomic E-state index is 6.05. The molecule has 0 aliphatic rings. The van der Waals surface area contributed by atoms with Crippen LogP contribution in [-0.2, 0) is 0 Å². The Labute approximate surface area is 116 Å². The van der Waals surface area contributed by atoms with Crippen molar-refractivity contribution in [3.63, 3.8) is 0 Å². The number of nitrogens with one attached hydrogen (secondary N) is 2. The summed E-state index contributed by atoms with van der Waals surface area (Å²) in [5, 5.41) is 8.77. The second-order valence-electron chi connectivity index (χ2n) is 3.29. The van der Waals surface area contributed by atoms with Crippen LogP contribution in [0.25, 0.3) is 0 Å². The van der Waals surface area contributed by atoms with Gasteiger partial charge in [-0.15, -0.1) is 0 Å². The lowest BCUT2D eigenvalue weighted by Gasteiger charge is -2.07. The fraction of sp³-hybridized carbons (Fsp3) is 0.273. The largest absolute Gasteiger partial charge is 0.362 e. The fourth-order valence-electron chi connectivity index (χ4n) is 1.17. The molecule has 0 aromatic heterocycles. The first-order chi connectivity index (χ1) is 8.04. The summed E-state index contributed by atoms with van der Waals surface area (Å²) >= 11 is 16.9. The second-order valence-corrected chi connectivity index (χ2v) is 4.54. The third kappa shape index (κ3) is 4.50. The molecule has 2 N–H and O–H groups in total. The van der Waals surface area contributed by atoms with Crippen molar-refractivity contribution in [1.82, 2.24) is 10.7 Å². The summed E-state index contributed by atoms with van der Waals surface area (Å²) in [5.74, 6) is 0. The summed E-state index contributed by atoms with van der Waals surface area (Å²) < 4.78 is 0. The van der Waals surface area contributed by atoms with Gasteiger partial charge < -0.3 is 5.32 Å². The van der Waals surface area contributed by atoms with Crippen molar-refractivity contribution in [2.45, 2.75) is 13.8 Å². The van der Waals surface area contributed by atoms with Crippen molar-refractivity contribution < 1.29 is 0 Å². The minimum Gasteiger partial charge on any atom is -0.362 e. The first kappa shape index (κ1) is 14.2. The van der Waals surface area contributed by atoms with Crippen LogP contribution in [-0.4, -0.2) is 17.4 Å².